The summed E-state index contributed by atoms with van der Waals surface area (Å²) in [5.41, 5.74) is 3.02. The van der Waals surface area contributed by atoms with Crippen LogP contribution in [0.4, 0.5) is 0 Å². The quantitative estimate of drug-likeness (QED) is 0.243. The third-order valence-electron chi connectivity index (χ3n) is 4.66. The Labute approximate surface area is 202 Å². The second-order valence-corrected chi connectivity index (χ2v) is 8.56. The van der Waals surface area contributed by atoms with Crippen LogP contribution in [-0.4, -0.2) is 26.4 Å². The molecular weight excluding hydrogens is 468 g/mol. The maximum absolute atomic E-state index is 6.04. The number of halogens is 1. The molecular formula is C27H37BrO4. The highest BCUT2D eigenvalue weighted by molar-refractivity contribution is 9.10. The van der Waals surface area contributed by atoms with E-state index in [0.717, 1.165) is 69.8 Å². The van der Waals surface area contributed by atoms with Gasteiger partial charge in [-0.15, -0.1) is 0 Å². The normalized spacial score (nSPS) is 11.1. The van der Waals surface area contributed by atoms with E-state index in [0.29, 0.717) is 26.4 Å². The van der Waals surface area contributed by atoms with Crippen molar-refractivity contribution in [2.45, 2.75) is 60.3 Å². The lowest BCUT2D eigenvalue weighted by atomic mass is 10.1. The molecule has 0 spiro atoms. The molecule has 0 bridgehead atoms. The van der Waals surface area contributed by atoms with E-state index in [1.807, 2.05) is 12.1 Å². The Hall–Kier alpha value is -2.14. The second-order valence-electron chi connectivity index (χ2n) is 7.70. The van der Waals surface area contributed by atoms with Crippen molar-refractivity contribution in [1.82, 2.24) is 0 Å². The van der Waals surface area contributed by atoms with Gasteiger partial charge in [-0.3, -0.25) is 0 Å². The lowest BCUT2D eigenvalue weighted by molar-refractivity contribution is 0.306. The predicted molar refractivity (Wildman–Crippen MR) is 137 cm³/mol. The van der Waals surface area contributed by atoms with E-state index >= 15 is 0 Å². The third-order valence-corrected chi connectivity index (χ3v) is 5.28. The van der Waals surface area contributed by atoms with Crippen LogP contribution in [0.3, 0.4) is 0 Å². The maximum Gasteiger partial charge on any atom is 0.134 e. The fourth-order valence-corrected chi connectivity index (χ4v) is 3.47. The Morgan fingerprint density at radius 1 is 0.594 bits per heavy atom. The highest BCUT2D eigenvalue weighted by Crippen LogP contribution is 2.36. The molecule has 0 saturated carbocycles. The average molecular weight is 505 g/mol. The first kappa shape index (κ1) is 26.1. The van der Waals surface area contributed by atoms with Gasteiger partial charge in [-0.05, 0) is 78.4 Å². The second kappa shape index (κ2) is 14.1. The van der Waals surface area contributed by atoms with Crippen molar-refractivity contribution in [3.05, 3.63) is 45.4 Å². The van der Waals surface area contributed by atoms with E-state index < -0.39 is 0 Å². The van der Waals surface area contributed by atoms with Crippen LogP contribution in [0.5, 0.6) is 23.0 Å². The molecule has 0 N–H and O–H groups in total. The van der Waals surface area contributed by atoms with Crippen molar-refractivity contribution in [3.8, 4) is 23.0 Å². The fraction of sp³-hybridized carbons (Fsp3) is 0.481. The van der Waals surface area contributed by atoms with Gasteiger partial charge in [0.05, 0.1) is 30.9 Å². The standard InChI is InChI=1S/C27H37BrO4/c1-6-12-29-24-17-21(25(16-20(24)5)30-13-7-2)10-11-22-18-27(32-15-9-4)23(28)19-26(22)31-14-8-3/h10-11,16-19H,6-9,12-15H2,1-5H3/b11-10+. The van der Waals surface area contributed by atoms with Gasteiger partial charge in [-0.25, -0.2) is 0 Å². The smallest absolute Gasteiger partial charge is 0.134 e. The van der Waals surface area contributed by atoms with E-state index in [1.54, 1.807) is 0 Å². The summed E-state index contributed by atoms with van der Waals surface area (Å²) in [7, 11) is 0. The van der Waals surface area contributed by atoms with Crippen molar-refractivity contribution in [2.24, 2.45) is 0 Å². The van der Waals surface area contributed by atoms with E-state index in [4.69, 9.17) is 18.9 Å². The fourth-order valence-electron chi connectivity index (χ4n) is 3.03. The van der Waals surface area contributed by atoms with Gasteiger partial charge in [-0.1, -0.05) is 39.8 Å². The third kappa shape index (κ3) is 7.77. The molecule has 0 aliphatic rings. The van der Waals surface area contributed by atoms with Crippen LogP contribution in [0.2, 0.25) is 0 Å². The lowest BCUT2D eigenvalue weighted by Crippen LogP contribution is -2.01. The number of aryl methyl sites for hydroxylation is 1. The van der Waals surface area contributed by atoms with Crippen LogP contribution in [-0.2, 0) is 0 Å². The van der Waals surface area contributed by atoms with Gasteiger partial charge in [-0.2, -0.15) is 0 Å². The monoisotopic (exact) mass is 504 g/mol. The van der Waals surface area contributed by atoms with Gasteiger partial charge in [0.25, 0.3) is 0 Å². The van der Waals surface area contributed by atoms with Crippen LogP contribution in [0.1, 0.15) is 70.1 Å². The molecule has 176 valence electrons. The first-order chi connectivity index (χ1) is 15.5. The number of ether oxygens (including phenoxy) is 4. The molecule has 0 unspecified atom stereocenters. The minimum Gasteiger partial charge on any atom is -0.493 e. The van der Waals surface area contributed by atoms with Crippen LogP contribution < -0.4 is 18.9 Å². The summed E-state index contributed by atoms with van der Waals surface area (Å²) in [5, 5.41) is 0. The molecule has 0 fully saturated rings. The molecule has 2 rings (SSSR count). The molecule has 0 aliphatic heterocycles. The molecule has 0 saturated heterocycles. The van der Waals surface area contributed by atoms with Crippen LogP contribution >= 0.6 is 15.9 Å². The van der Waals surface area contributed by atoms with Gasteiger partial charge >= 0.3 is 0 Å². The Kier molecular flexibility index (Phi) is 11.5. The van der Waals surface area contributed by atoms with Crippen molar-refractivity contribution in [3.63, 3.8) is 0 Å². The molecule has 0 radical (unpaired) electrons. The van der Waals surface area contributed by atoms with Crippen molar-refractivity contribution < 1.29 is 18.9 Å². The largest absolute Gasteiger partial charge is 0.493 e. The maximum atomic E-state index is 6.04. The summed E-state index contributed by atoms with van der Waals surface area (Å²) in [4.78, 5) is 0. The van der Waals surface area contributed by atoms with Gasteiger partial charge < -0.3 is 18.9 Å². The predicted octanol–water partition coefficient (Wildman–Crippen LogP) is 8.08. The summed E-state index contributed by atoms with van der Waals surface area (Å²) in [6.07, 6.45) is 7.94. The van der Waals surface area contributed by atoms with E-state index in [-0.39, 0.29) is 0 Å². The molecule has 2 aromatic rings. The topological polar surface area (TPSA) is 36.9 Å². The van der Waals surface area contributed by atoms with Crippen LogP contribution in [0, 0.1) is 6.92 Å². The zero-order valence-electron chi connectivity index (χ0n) is 20.1. The summed E-state index contributed by atoms with van der Waals surface area (Å²) < 4.78 is 24.8. The summed E-state index contributed by atoms with van der Waals surface area (Å²) in [6, 6.07) is 8.13. The van der Waals surface area contributed by atoms with Gasteiger partial charge in [0.15, 0.2) is 0 Å². The first-order valence-electron chi connectivity index (χ1n) is 11.7. The zero-order chi connectivity index (χ0) is 23.3. The molecule has 0 aliphatic carbocycles. The Morgan fingerprint density at radius 3 is 1.50 bits per heavy atom. The molecule has 4 nitrogen and oxygen atoms in total. The summed E-state index contributed by atoms with van der Waals surface area (Å²) in [6.45, 7) is 13.2. The van der Waals surface area contributed by atoms with Crippen LogP contribution in [0.25, 0.3) is 12.2 Å². The molecule has 0 heterocycles. The molecule has 2 aromatic carbocycles. The van der Waals surface area contributed by atoms with Gasteiger partial charge in [0.2, 0.25) is 0 Å². The summed E-state index contributed by atoms with van der Waals surface area (Å²) >= 11 is 3.62. The molecule has 0 amide bonds. The van der Waals surface area contributed by atoms with Crippen molar-refractivity contribution in [2.75, 3.05) is 26.4 Å². The van der Waals surface area contributed by atoms with Crippen molar-refractivity contribution >= 4 is 28.1 Å². The van der Waals surface area contributed by atoms with E-state index in [1.165, 1.54) is 0 Å². The SMILES string of the molecule is CCCOc1cc(/C=C/c2cc(OCCC)c(Br)cc2OCCC)c(OCCC)cc1C. The number of hydrogen-bond donors (Lipinski definition) is 0. The Balaban J connectivity index is 2.45. The van der Waals surface area contributed by atoms with Gasteiger partial charge in [0, 0.05) is 11.1 Å². The molecule has 0 aromatic heterocycles. The minimum absolute atomic E-state index is 0.660. The Morgan fingerprint density at radius 2 is 1.00 bits per heavy atom. The highest BCUT2D eigenvalue weighted by atomic mass is 79.9. The highest BCUT2D eigenvalue weighted by Gasteiger charge is 2.11. The van der Waals surface area contributed by atoms with E-state index in [2.05, 4.69) is 74.8 Å². The van der Waals surface area contributed by atoms with Crippen molar-refractivity contribution in [1.29, 1.82) is 0 Å². The first-order valence-corrected chi connectivity index (χ1v) is 12.5. The van der Waals surface area contributed by atoms with E-state index in [9.17, 15) is 0 Å². The zero-order valence-corrected chi connectivity index (χ0v) is 21.7. The minimum atomic E-state index is 0.660. The molecule has 5 heteroatoms. The Bertz CT molecular complexity index is 805. The summed E-state index contributed by atoms with van der Waals surface area (Å²) in [5.74, 6) is 3.39. The van der Waals surface area contributed by atoms with Gasteiger partial charge in [0.1, 0.15) is 23.0 Å². The van der Waals surface area contributed by atoms with Crippen LogP contribution in [0.15, 0.2) is 28.7 Å². The average Bonchev–Trinajstić information content (AvgIpc) is 2.79. The number of rotatable bonds is 14. The lowest BCUT2D eigenvalue weighted by Gasteiger charge is -2.15. The molecule has 32 heavy (non-hydrogen) atoms. The molecule has 0 atom stereocenters. The number of benzene rings is 2. The number of hydrogen-bond acceptors (Lipinski definition) is 4.